The normalized spacial score (nSPS) is 30.0. The number of ether oxygens (including phenoxy) is 1. The van der Waals surface area contributed by atoms with Gasteiger partial charge in [-0.25, -0.2) is 0 Å². The molecule has 12 heavy (non-hydrogen) atoms. The zero-order chi connectivity index (χ0) is 8.97. The van der Waals surface area contributed by atoms with E-state index in [0.717, 1.165) is 6.54 Å². The van der Waals surface area contributed by atoms with Gasteiger partial charge in [0.05, 0.1) is 12.2 Å². The molecule has 0 saturated heterocycles. The van der Waals surface area contributed by atoms with Crippen LogP contribution < -0.4 is 5.32 Å². The molecule has 0 aromatic heterocycles. The van der Waals surface area contributed by atoms with Crippen molar-refractivity contribution in [3.05, 3.63) is 0 Å². The Morgan fingerprint density at radius 2 is 2.17 bits per heavy atom. The summed E-state index contributed by atoms with van der Waals surface area (Å²) in [4.78, 5) is 0. The maximum atomic E-state index is 5.81. The second kappa shape index (κ2) is 4.83. The summed E-state index contributed by atoms with van der Waals surface area (Å²) in [6, 6.07) is 0.609. The predicted molar refractivity (Wildman–Crippen MR) is 51.3 cm³/mol. The first-order valence-corrected chi connectivity index (χ1v) is 5.13. The molecule has 0 amide bonds. The number of rotatable bonds is 4. The monoisotopic (exact) mass is 171 g/mol. The Morgan fingerprint density at radius 3 is 2.75 bits per heavy atom. The molecular weight excluding hydrogens is 150 g/mol. The smallest absolute Gasteiger partial charge is 0.0731 e. The van der Waals surface area contributed by atoms with Crippen molar-refractivity contribution < 1.29 is 4.74 Å². The second-order valence-corrected chi connectivity index (χ2v) is 3.82. The van der Waals surface area contributed by atoms with Crippen LogP contribution in [0.25, 0.3) is 0 Å². The fraction of sp³-hybridized carbons (Fsp3) is 1.00. The molecule has 1 fully saturated rings. The van der Waals surface area contributed by atoms with Crippen LogP contribution in [0.1, 0.15) is 40.0 Å². The van der Waals surface area contributed by atoms with E-state index in [4.69, 9.17) is 4.74 Å². The van der Waals surface area contributed by atoms with Crippen molar-refractivity contribution in [2.45, 2.75) is 58.3 Å². The van der Waals surface area contributed by atoms with Gasteiger partial charge in [-0.1, -0.05) is 6.92 Å². The minimum atomic E-state index is 0.370. The lowest BCUT2D eigenvalue weighted by atomic mass is 10.2. The van der Waals surface area contributed by atoms with Crippen LogP contribution in [0.3, 0.4) is 0 Å². The topological polar surface area (TPSA) is 21.3 Å². The lowest BCUT2D eigenvalue weighted by molar-refractivity contribution is -0.00203. The van der Waals surface area contributed by atoms with Gasteiger partial charge >= 0.3 is 0 Å². The molecule has 0 bridgehead atoms. The van der Waals surface area contributed by atoms with Crippen LogP contribution >= 0.6 is 0 Å². The fourth-order valence-corrected chi connectivity index (χ4v) is 1.93. The van der Waals surface area contributed by atoms with Crippen LogP contribution in [-0.2, 0) is 4.74 Å². The van der Waals surface area contributed by atoms with Gasteiger partial charge in [-0.3, -0.25) is 0 Å². The molecule has 0 spiro atoms. The van der Waals surface area contributed by atoms with Gasteiger partial charge in [-0.2, -0.15) is 0 Å². The molecule has 2 unspecified atom stereocenters. The maximum Gasteiger partial charge on any atom is 0.0731 e. The van der Waals surface area contributed by atoms with E-state index in [1.54, 1.807) is 0 Å². The van der Waals surface area contributed by atoms with Crippen LogP contribution in [0, 0.1) is 0 Å². The van der Waals surface area contributed by atoms with Crippen molar-refractivity contribution in [3.63, 3.8) is 0 Å². The Kier molecular flexibility index (Phi) is 4.02. The van der Waals surface area contributed by atoms with Crippen LogP contribution in [0.15, 0.2) is 0 Å². The standard InChI is InChI=1S/C10H21NO/c1-4-11-9-6-5-7-10(9)12-8(2)3/h8-11H,4-7H2,1-3H3. The van der Waals surface area contributed by atoms with Gasteiger partial charge in [0.25, 0.3) is 0 Å². The third-order valence-electron chi connectivity index (χ3n) is 2.37. The summed E-state index contributed by atoms with van der Waals surface area (Å²) in [5.41, 5.74) is 0. The molecule has 2 heteroatoms. The summed E-state index contributed by atoms with van der Waals surface area (Å²) in [5, 5.41) is 3.47. The van der Waals surface area contributed by atoms with E-state index in [1.807, 2.05) is 0 Å². The Hall–Kier alpha value is -0.0800. The molecule has 1 rings (SSSR count). The minimum absolute atomic E-state index is 0.370. The molecular formula is C10H21NO. The van der Waals surface area contributed by atoms with Gasteiger partial charge in [0.2, 0.25) is 0 Å². The van der Waals surface area contributed by atoms with Gasteiger partial charge in [0.1, 0.15) is 0 Å². The SMILES string of the molecule is CCNC1CCCC1OC(C)C. The number of hydrogen-bond donors (Lipinski definition) is 1. The van der Waals surface area contributed by atoms with E-state index in [-0.39, 0.29) is 0 Å². The Morgan fingerprint density at radius 1 is 1.42 bits per heavy atom. The first-order chi connectivity index (χ1) is 5.74. The Labute approximate surface area is 75.7 Å². The molecule has 2 atom stereocenters. The minimum Gasteiger partial charge on any atom is -0.374 e. The van der Waals surface area contributed by atoms with Crippen molar-refractivity contribution in [3.8, 4) is 0 Å². The number of nitrogens with one attached hydrogen (secondary N) is 1. The van der Waals surface area contributed by atoms with Gasteiger partial charge in [-0.15, -0.1) is 0 Å². The van der Waals surface area contributed by atoms with Gasteiger partial charge in [0, 0.05) is 6.04 Å². The average Bonchev–Trinajstić information content (AvgIpc) is 2.37. The van der Waals surface area contributed by atoms with E-state index in [2.05, 4.69) is 26.1 Å². The number of hydrogen-bond acceptors (Lipinski definition) is 2. The highest BCUT2D eigenvalue weighted by Gasteiger charge is 2.27. The average molecular weight is 171 g/mol. The van der Waals surface area contributed by atoms with Crippen LogP contribution in [0.4, 0.5) is 0 Å². The highest BCUT2D eigenvalue weighted by molar-refractivity contribution is 4.83. The molecule has 0 heterocycles. The molecule has 0 radical (unpaired) electrons. The molecule has 72 valence electrons. The largest absolute Gasteiger partial charge is 0.374 e. The summed E-state index contributed by atoms with van der Waals surface area (Å²) in [5.74, 6) is 0. The summed E-state index contributed by atoms with van der Waals surface area (Å²) in [6.07, 6.45) is 4.66. The van der Waals surface area contributed by atoms with Crippen LogP contribution in [0.2, 0.25) is 0 Å². The molecule has 1 N–H and O–H groups in total. The first kappa shape index (κ1) is 10.0. The highest BCUT2D eigenvalue weighted by atomic mass is 16.5. The lowest BCUT2D eigenvalue weighted by Crippen LogP contribution is -2.38. The van der Waals surface area contributed by atoms with E-state index in [1.165, 1.54) is 19.3 Å². The molecule has 1 saturated carbocycles. The fourth-order valence-electron chi connectivity index (χ4n) is 1.93. The molecule has 1 aliphatic rings. The van der Waals surface area contributed by atoms with E-state index in [9.17, 15) is 0 Å². The maximum absolute atomic E-state index is 5.81. The zero-order valence-corrected chi connectivity index (χ0v) is 8.47. The Balaban J connectivity index is 2.30. The zero-order valence-electron chi connectivity index (χ0n) is 8.47. The summed E-state index contributed by atoms with van der Waals surface area (Å²) >= 11 is 0. The van der Waals surface area contributed by atoms with Crippen molar-refractivity contribution in [2.24, 2.45) is 0 Å². The van der Waals surface area contributed by atoms with E-state index < -0.39 is 0 Å². The highest BCUT2D eigenvalue weighted by Crippen LogP contribution is 2.22. The number of likely N-dealkylation sites (N-methyl/N-ethyl adjacent to an activating group) is 1. The van der Waals surface area contributed by atoms with Crippen LogP contribution in [0.5, 0.6) is 0 Å². The lowest BCUT2D eigenvalue weighted by Gasteiger charge is -2.22. The van der Waals surface area contributed by atoms with E-state index >= 15 is 0 Å². The summed E-state index contributed by atoms with van der Waals surface area (Å²) in [7, 11) is 0. The van der Waals surface area contributed by atoms with Gasteiger partial charge < -0.3 is 10.1 Å². The molecule has 0 aromatic carbocycles. The Bertz CT molecular complexity index is 125. The predicted octanol–water partition coefficient (Wildman–Crippen LogP) is 1.94. The van der Waals surface area contributed by atoms with Gasteiger partial charge in [-0.05, 0) is 39.7 Å². The summed E-state index contributed by atoms with van der Waals surface area (Å²) < 4.78 is 5.81. The molecule has 2 nitrogen and oxygen atoms in total. The van der Waals surface area contributed by atoms with Gasteiger partial charge in [0.15, 0.2) is 0 Å². The molecule has 1 aliphatic carbocycles. The van der Waals surface area contributed by atoms with Crippen molar-refractivity contribution in [1.29, 1.82) is 0 Å². The quantitative estimate of drug-likeness (QED) is 0.698. The molecule has 0 aliphatic heterocycles. The first-order valence-electron chi connectivity index (χ1n) is 5.13. The third kappa shape index (κ3) is 2.76. The third-order valence-corrected chi connectivity index (χ3v) is 2.37. The van der Waals surface area contributed by atoms with Crippen molar-refractivity contribution >= 4 is 0 Å². The van der Waals surface area contributed by atoms with E-state index in [0.29, 0.717) is 18.2 Å². The summed E-state index contributed by atoms with van der Waals surface area (Å²) in [6.45, 7) is 7.44. The second-order valence-electron chi connectivity index (χ2n) is 3.82. The molecule has 0 aromatic rings. The van der Waals surface area contributed by atoms with Crippen molar-refractivity contribution in [1.82, 2.24) is 5.32 Å². The van der Waals surface area contributed by atoms with Crippen LogP contribution in [-0.4, -0.2) is 24.8 Å². The van der Waals surface area contributed by atoms with Crippen molar-refractivity contribution in [2.75, 3.05) is 6.54 Å².